The summed E-state index contributed by atoms with van der Waals surface area (Å²) in [6, 6.07) is 19.5. The smallest absolute Gasteiger partial charge is 0.399 e. The van der Waals surface area contributed by atoms with E-state index < -0.39 is 17.6 Å². The van der Waals surface area contributed by atoms with Crippen LogP contribution in [0.25, 0.3) is 11.8 Å². The zero-order valence-electron chi connectivity index (χ0n) is 29.4. The minimum atomic E-state index is -4.62. The lowest BCUT2D eigenvalue weighted by atomic mass is 9.88. The molecule has 0 saturated heterocycles. The van der Waals surface area contributed by atoms with Crippen LogP contribution in [0.4, 0.5) is 28.9 Å². The zero-order chi connectivity index (χ0) is 36.7. The molecule has 0 spiro atoms. The van der Waals surface area contributed by atoms with E-state index in [1.807, 2.05) is 49.4 Å². The minimum absolute atomic E-state index is 0.142. The van der Waals surface area contributed by atoms with Crippen LogP contribution in [-0.4, -0.2) is 19.8 Å². The molecule has 2 fully saturated rings. The molecule has 51 heavy (non-hydrogen) atoms. The highest BCUT2D eigenvalue weighted by atomic mass is 19.4. The highest BCUT2D eigenvalue weighted by Crippen LogP contribution is 2.39. The number of nitrogens with one attached hydrogen (secondary N) is 2. The normalized spacial score (nSPS) is 15.7. The zero-order valence-corrected chi connectivity index (χ0v) is 29.4. The van der Waals surface area contributed by atoms with Gasteiger partial charge < -0.3 is 21.3 Å². The van der Waals surface area contributed by atoms with E-state index in [1.165, 1.54) is 6.07 Å². The van der Waals surface area contributed by atoms with Crippen LogP contribution < -0.4 is 21.3 Å². The summed E-state index contributed by atoms with van der Waals surface area (Å²) >= 11 is 0. The summed E-state index contributed by atoms with van der Waals surface area (Å²) in [5.41, 5.74) is 11.6. The first kappa shape index (κ1) is 37.2. The molecule has 0 radical (unpaired) electrons. The second-order valence-electron chi connectivity index (χ2n) is 13.2. The van der Waals surface area contributed by atoms with Gasteiger partial charge in [-0.25, -0.2) is 4.39 Å². The molecule has 2 saturated carbocycles. The van der Waals surface area contributed by atoms with Gasteiger partial charge in [0.05, 0.1) is 40.3 Å². The van der Waals surface area contributed by atoms with Crippen molar-refractivity contribution in [1.29, 1.82) is 5.26 Å². The molecule has 0 aliphatic heterocycles. The fraction of sp³-hybridized carbons (Fsp3) is 0.310. The summed E-state index contributed by atoms with van der Waals surface area (Å²) < 4.78 is 59.3. The van der Waals surface area contributed by atoms with Crippen molar-refractivity contribution in [3.8, 4) is 6.07 Å². The molecule has 3 aromatic carbocycles. The maximum atomic E-state index is 15.8. The predicted molar refractivity (Wildman–Crippen MR) is 200 cm³/mol. The largest absolute Gasteiger partial charge is 0.416 e. The maximum Gasteiger partial charge on any atom is 0.416 e. The van der Waals surface area contributed by atoms with Gasteiger partial charge in [0.1, 0.15) is 5.82 Å². The van der Waals surface area contributed by atoms with Crippen molar-refractivity contribution in [2.45, 2.75) is 64.6 Å². The molecular weight excluding hydrogens is 650 g/mol. The van der Waals surface area contributed by atoms with E-state index in [0.717, 1.165) is 60.2 Å². The lowest BCUT2D eigenvalue weighted by Gasteiger charge is -2.32. The van der Waals surface area contributed by atoms with E-state index in [4.69, 9.17) is 5.73 Å². The summed E-state index contributed by atoms with van der Waals surface area (Å²) in [5, 5.41) is 16.5. The number of rotatable bonds is 14. The van der Waals surface area contributed by atoms with Crippen LogP contribution in [0.2, 0.25) is 0 Å². The third kappa shape index (κ3) is 9.19. The molecule has 0 heterocycles. The monoisotopic (exact) mass is 695 g/mol. The number of nitrogens with two attached hydrogens (primary N) is 1. The van der Waals surface area contributed by atoms with Crippen molar-refractivity contribution >= 4 is 23.1 Å². The molecule has 2 aliphatic carbocycles. The van der Waals surface area contributed by atoms with Gasteiger partial charge in [-0.15, -0.1) is 0 Å². The maximum absolute atomic E-state index is 15.8. The van der Waals surface area contributed by atoms with Gasteiger partial charge >= 0.3 is 6.18 Å². The molecule has 3 aromatic rings. The van der Waals surface area contributed by atoms with Crippen molar-refractivity contribution in [2.75, 3.05) is 23.8 Å². The Bertz CT molecular complexity index is 1920. The first-order valence-electron chi connectivity index (χ1n) is 17.4. The van der Waals surface area contributed by atoms with Gasteiger partial charge in [-0.05, 0) is 123 Å². The molecule has 1 atom stereocenters. The van der Waals surface area contributed by atoms with E-state index in [0.29, 0.717) is 47.0 Å². The van der Waals surface area contributed by atoms with Crippen LogP contribution in [0.15, 0.2) is 108 Å². The Labute approximate surface area is 298 Å². The van der Waals surface area contributed by atoms with Crippen LogP contribution in [0.5, 0.6) is 0 Å². The molecule has 0 bridgehead atoms. The van der Waals surface area contributed by atoms with E-state index in [-0.39, 0.29) is 23.8 Å². The van der Waals surface area contributed by atoms with Crippen molar-refractivity contribution in [3.63, 3.8) is 0 Å². The molecular formula is C42H45F4N5. The highest BCUT2D eigenvalue weighted by Gasteiger charge is 2.34. The second kappa shape index (κ2) is 16.3. The first-order chi connectivity index (χ1) is 24.4. The molecule has 0 aromatic heterocycles. The number of nitriles is 1. The number of hydrogen-bond acceptors (Lipinski definition) is 5. The SMILES string of the molecule is C=C(N)c1cc(N(C)/C(=C\C(=C\CC)C(F)(F)F)C(Nc2cc(C(NCC3CC3)c3cccc(C#N)c3)ccc2F)=C2CCC2)ccc1/C=C\C. The lowest BCUT2D eigenvalue weighted by molar-refractivity contribution is -0.0884. The Kier molecular flexibility index (Phi) is 11.9. The van der Waals surface area contributed by atoms with Gasteiger partial charge in [0.15, 0.2) is 0 Å². The van der Waals surface area contributed by atoms with Gasteiger partial charge in [-0.2, -0.15) is 18.4 Å². The Hall–Kier alpha value is -5.07. The topological polar surface area (TPSA) is 77.1 Å². The average molecular weight is 696 g/mol. The third-order valence-electron chi connectivity index (χ3n) is 9.33. The highest BCUT2D eigenvalue weighted by molar-refractivity contribution is 5.76. The van der Waals surface area contributed by atoms with Crippen molar-refractivity contribution < 1.29 is 17.6 Å². The molecule has 0 amide bonds. The third-order valence-corrected chi connectivity index (χ3v) is 9.33. The number of alkyl halides is 3. The Morgan fingerprint density at radius 1 is 1.10 bits per heavy atom. The molecule has 266 valence electrons. The van der Waals surface area contributed by atoms with Crippen LogP contribution >= 0.6 is 0 Å². The van der Waals surface area contributed by atoms with E-state index in [1.54, 1.807) is 43.1 Å². The number of hydrogen-bond donors (Lipinski definition) is 3. The Morgan fingerprint density at radius 3 is 2.45 bits per heavy atom. The molecule has 1 unspecified atom stereocenters. The average Bonchev–Trinajstić information content (AvgIpc) is 3.91. The lowest BCUT2D eigenvalue weighted by Crippen LogP contribution is -2.26. The summed E-state index contributed by atoms with van der Waals surface area (Å²) in [6.07, 6.45) is 6.09. The summed E-state index contributed by atoms with van der Waals surface area (Å²) in [4.78, 5) is 1.68. The van der Waals surface area contributed by atoms with E-state index >= 15 is 4.39 Å². The number of nitrogens with zero attached hydrogens (tertiary/aromatic N) is 2. The number of halogens is 4. The molecule has 4 N–H and O–H groups in total. The summed E-state index contributed by atoms with van der Waals surface area (Å²) in [7, 11) is 1.70. The van der Waals surface area contributed by atoms with Crippen LogP contribution in [0.1, 0.15) is 86.2 Å². The fourth-order valence-corrected chi connectivity index (χ4v) is 6.17. The van der Waals surface area contributed by atoms with Gasteiger partial charge in [-0.3, -0.25) is 0 Å². The van der Waals surface area contributed by atoms with Gasteiger partial charge in [0.25, 0.3) is 0 Å². The van der Waals surface area contributed by atoms with Crippen molar-refractivity contribution in [2.24, 2.45) is 11.7 Å². The van der Waals surface area contributed by atoms with Gasteiger partial charge in [0.2, 0.25) is 0 Å². The van der Waals surface area contributed by atoms with Gasteiger partial charge in [0, 0.05) is 24.0 Å². The van der Waals surface area contributed by atoms with Crippen LogP contribution in [-0.2, 0) is 0 Å². The van der Waals surface area contributed by atoms with Crippen LogP contribution in [0, 0.1) is 23.1 Å². The minimum Gasteiger partial charge on any atom is -0.399 e. The second-order valence-corrected chi connectivity index (χ2v) is 13.2. The molecule has 9 heteroatoms. The predicted octanol–water partition coefficient (Wildman–Crippen LogP) is 10.5. The van der Waals surface area contributed by atoms with E-state index in [2.05, 4.69) is 23.3 Å². The summed E-state index contributed by atoms with van der Waals surface area (Å²) in [6.45, 7) is 8.23. The molecule has 2 aliphatic rings. The molecule has 5 nitrogen and oxygen atoms in total. The van der Waals surface area contributed by atoms with Crippen molar-refractivity contribution in [1.82, 2.24) is 5.32 Å². The standard InChI is InChI=1S/C42H45F4N5/c1-5-9-30-17-19-35(24-36(30)27(3)48)51(4)39(23-34(10-6-2)42(44,45)46)41(31-12-8-13-31)50-38-22-33(18-20-37(38)43)40(49-26-28-15-16-28)32-14-7-11-29(21-32)25-47/h5,7,9-11,14,17-24,28,40,49-50H,3,6,8,12-13,15-16,26,48H2,1-2,4H3/b9-5-,34-10-,39-23-. The van der Waals surface area contributed by atoms with Crippen LogP contribution in [0.3, 0.4) is 0 Å². The Balaban J connectivity index is 1.63. The number of allylic oxidation sites excluding steroid dienone is 5. The van der Waals surface area contributed by atoms with Crippen molar-refractivity contribution in [3.05, 3.63) is 142 Å². The Morgan fingerprint density at radius 2 is 1.84 bits per heavy atom. The van der Waals surface area contributed by atoms with E-state index in [9.17, 15) is 18.4 Å². The molecule has 5 rings (SSSR count). The number of likely N-dealkylation sites (N-methyl/N-ethyl adjacent to an activating group) is 1. The first-order valence-corrected chi connectivity index (χ1v) is 17.4. The van der Waals surface area contributed by atoms with Gasteiger partial charge in [-0.1, -0.05) is 56.0 Å². The quantitative estimate of drug-likeness (QED) is 0.116. The fourth-order valence-electron chi connectivity index (χ4n) is 6.17. The summed E-state index contributed by atoms with van der Waals surface area (Å²) in [5.74, 6) is 0.0216. The number of benzene rings is 3. The number of anilines is 2.